The summed E-state index contributed by atoms with van der Waals surface area (Å²) in [5.74, 6) is 0.756. The van der Waals surface area contributed by atoms with Crippen LogP contribution in [0.3, 0.4) is 0 Å². The third-order valence-electron chi connectivity index (χ3n) is 5.36. The largest absolute Gasteiger partial charge is 0.468 e. The second kappa shape index (κ2) is 5.06. The summed E-state index contributed by atoms with van der Waals surface area (Å²) < 4.78 is 4.98. The van der Waals surface area contributed by atoms with E-state index in [2.05, 4.69) is 4.90 Å². The van der Waals surface area contributed by atoms with Gasteiger partial charge in [0.15, 0.2) is 0 Å². The molecule has 3 unspecified atom stereocenters. The standard InChI is InChI=1S/C15H25NO3/c1-19-14(17)13(11-5-6-11)16-9-8-15(18)7-3-2-4-12(15)10-16/h11-13,18H,2-10H2,1H3. The normalized spacial score (nSPS) is 37.5. The highest BCUT2D eigenvalue weighted by atomic mass is 16.5. The van der Waals surface area contributed by atoms with Crippen LogP contribution in [0.5, 0.6) is 0 Å². The van der Waals surface area contributed by atoms with Crippen molar-refractivity contribution in [1.82, 2.24) is 4.90 Å². The first-order valence-electron chi connectivity index (χ1n) is 7.68. The lowest BCUT2D eigenvalue weighted by Crippen LogP contribution is -2.57. The maximum atomic E-state index is 12.0. The number of fused-ring (bicyclic) bond motifs is 1. The Morgan fingerprint density at radius 3 is 2.79 bits per heavy atom. The van der Waals surface area contributed by atoms with Gasteiger partial charge in [0.25, 0.3) is 0 Å². The van der Waals surface area contributed by atoms with Gasteiger partial charge in [-0.3, -0.25) is 9.69 Å². The van der Waals surface area contributed by atoms with Gasteiger partial charge >= 0.3 is 5.97 Å². The van der Waals surface area contributed by atoms with Gasteiger partial charge in [0.2, 0.25) is 0 Å². The van der Waals surface area contributed by atoms with Crippen molar-refractivity contribution >= 4 is 5.97 Å². The van der Waals surface area contributed by atoms with Crippen molar-refractivity contribution in [1.29, 1.82) is 0 Å². The fourth-order valence-electron chi connectivity index (χ4n) is 4.02. The van der Waals surface area contributed by atoms with E-state index in [1.165, 1.54) is 13.5 Å². The zero-order chi connectivity index (χ0) is 13.5. The first-order chi connectivity index (χ1) is 9.14. The summed E-state index contributed by atoms with van der Waals surface area (Å²) in [5, 5.41) is 10.7. The molecule has 1 saturated heterocycles. The number of ether oxygens (including phenoxy) is 1. The molecule has 2 saturated carbocycles. The number of likely N-dealkylation sites (tertiary alicyclic amines) is 1. The summed E-state index contributed by atoms with van der Waals surface area (Å²) in [4.78, 5) is 14.3. The molecule has 0 spiro atoms. The fourth-order valence-corrected chi connectivity index (χ4v) is 4.02. The number of carbonyl (C=O) groups is 1. The van der Waals surface area contributed by atoms with Gasteiger partial charge in [0.1, 0.15) is 6.04 Å². The van der Waals surface area contributed by atoms with Gasteiger partial charge in [0, 0.05) is 19.0 Å². The van der Waals surface area contributed by atoms with E-state index in [0.29, 0.717) is 11.8 Å². The number of rotatable bonds is 3. The van der Waals surface area contributed by atoms with Crippen molar-refractivity contribution in [3.8, 4) is 0 Å². The molecule has 0 bridgehead atoms. The summed E-state index contributed by atoms with van der Waals surface area (Å²) in [7, 11) is 1.48. The summed E-state index contributed by atoms with van der Waals surface area (Å²) in [6.07, 6.45) is 7.51. The second-order valence-electron chi connectivity index (χ2n) is 6.60. The van der Waals surface area contributed by atoms with Crippen molar-refractivity contribution in [2.24, 2.45) is 11.8 Å². The molecule has 108 valence electrons. The number of nitrogens with zero attached hydrogens (tertiary/aromatic N) is 1. The molecule has 1 N–H and O–H groups in total. The SMILES string of the molecule is COC(=O)C(C1CC1)N1CCC2(O)CCCCC2C1. The average molecular weight is 267 g/mol. The van der Waals surface area contributed by atoms with E-state index in [4.69, 9.17) is 4.74 Å². The van der Waals surface area contributed by atoms with Crippen LogP contribution in [-0.2, 0) is 9.53 Å². The van der Waals surface area contributed by atoms with Crippen LogP contribution < -0.4 is 0 Å². The summed E-state index contributed by atoms with van der Waals surface area (Å²) in [5.41, 5.74) is -0.459. The Kier molecular flexibility index (Phi) is 3.56. The number of methoxy groups -OCH3 is 1. The van der Waals surface area contributed by atoms with Gasteiger partial charge in [0.05, 0.1) is 12.7 Å². The molecule has 4 heteroatoms. The van der Waals surface area contributed by atoms with Gasteiger partial charge < -0.3 is 9.84 Å². The molecule has 0 radical (unpaired) electrons. The number of hydrogen-bond acceptors (Lipinski definition) is 4. The zero-order valence-electron chi connectivity index (χ0n) is 11.8. The molecule has 3 aliphatic rings. The predicted molar refractivity (Wildman–Crippen MR) is 71.6 cm³/mol. The lowest BCUT2D eigenvalue weighted by molar-refractivity contribution is -0.154. The minimum absolute atomic E-state index is 0.0588. The fraction of sp³-hybridized carbons (Fsp3) is 0.933. The van der Waals surface area contributed by atoms with Crippen LogP contribution in [0.25, 0.3) is 0 Å². The molecule has 19 heavy (non-hydrogen) atoms. The quantitative estimate of drug-likeness (QED) is 0.789. The van der Waals surface area contributed by atoms with Crippen LogP contribution in [0, 0.1) is 11.8 Å². The molecule has 0 amide bonds. The lowest BCUT2D eigenvalue weighted by Gasteiger charge is -2.49. The molecular formula is C15H25NO3. The molecule has 2 aliphatic carbocycles. The molecule has 0 aromatic carbocycles. The minimum atomic E-state index is -0.459. The molecule has 3 atom stereocenters. The number of piperidine rings is 1. The van der Waals surface area contributed by atoms with Crippen LogP contribution in [-0.4, -0.2) is 47.8 Å². The molecule has 4 nitrogen and oxygen atoms in total. The zero-order valence-corrected chi connectivity index (χ0v) is 11.8. The number of carbonyl (C=O) groups excluding carboxylic acids is 1. The molecule has 1 aliphatic heterocycles. The monoisotopic (exact) mass is 267 g/mol. The van der Waals surface area contributed by atoms with E-state index >= 15 is 0 Å². The highest BCUT2D eigenvalue weighted by Gasteiger charge is 2.48. The van der Waals surface area contributed by atoms with Crippen molar-refractivity contribution < 1.29 is 14.6 Å². The van der Waals surface area contributed by atoms with Crippen LogP contribution in [0.15, 0.2) is 0 Å². The highest BCUT2D eigenvalue weighted by Crippen LogP contribution is 2.43. The second-order valence-corrected chi connectivity index (χ2v) is 6.60. The average Bonchev–Trinajstić information content (AvgIpc) is 3.23. The molecule has 3 rings (SSSR count). The Bertz CT molecular complexity index is 355. The predicted octanol–water partition coefficient (Wildman–Crippen LogP) is 1.56. The molecule has 3 fully saturated rings. The summed E-state index contributed by atoms with van der Waals surface area (Å²) >= 11 is 0. The van der Waals surface area contributed by atoms with Crippen LogP contribution in [0.2, 0.25) is 0 Å². The van der Waals surface area contributed by atoms with Crippen molar-refractivity contribution in [3.63, 3.8) is 0 Å². The van der Waals surface area contributed by atoms with E-state index in [-0.39, 0.29) is 12.0 Å². The number of hydrogen-bond donors (Lipinski definition) is 1. The van der Waals surface area contributed by atoms with E-state index in [1.807, 2.05) is 0 Å². The van der Waals surface area contributed by atoms with Crippen molar-refractivity contribution in [2.45, 2.75) is 56.6 Å². The molecule has 0 aromatic rings. The van der Waals surface area contributed by atoms with E-state index in [1.54, 1.807) is 0 Å². The van der Waals surface area contributed by atoms with E-state index in [0.717, 1.165) is 51.6 Å². The smallest absolute Gasteiger partial charge is 0.323 e. The summed E-state index contributed by atoms with van der Waals surface area (Å²) in [6, 6.07) is -0.0588. The third kappa shape index (κ3) is 2.52. The number of aliphatic hydroxyl groups is 1. The third-order valence-corrected chi connectivity index (χ3v) is 5.36. The number of esters is 1. The molecular weight excluding hydrogens is 242 g/mol. The molecule has 1 heterocycles. The Balaban J connectivity index is 1.70. The Morgan fingerprint density at radius 2 is 2.11 bits per heavy atom. The highest BCUT2D eigenvalue weighted by molar-refractivity contribution is 5.76. The Hall–Kier alpha value is -0.610. The first kappa shape index (κ1) is 13.4. The Morgan fingerprint density at radius 1 is 1.32 bits per heavy atom. The maximum absolute atomic E-state index is 12.0. The van der Waals surface area contributed by atoms with Crippen molar-refractivity contribution in [3.05, 3.63) is 0 Å². The van der Waals surface area contributed by atoms with E-state index in [9.17, 15) is 9.90 Å². The van der Waals surface area contributed by atoms with Crippen LogP contribution >= 0.6 is 0 Å². The topological polar surface area (TPSA) is 49.8 Å². The maximum Gasteiger partial charge on any atom is 0.323 e. The van der Waals surface area contributed by atoms with E-state index < -0.39 is 5.60 Å². The molecule has 0 aromatic heterocycles. The first-order valence-corrected chi connectivity index (χ1v) is 7.68. The van der Waals surface area contributed by atoms with Crippen molar-refractivity contribution in [2.75, 3.05) is 20.2 Å². The lowest BCUT2D eigenvalue weighted by atomic mass is 9.71. The van der Waals surface area contributed by atoms with Gasteiger partial charge in [-0.25, -0.2) is 0 Å². The van der Waals surface area contributed by atoms with Crippen LogP contribution in [0.1, 0.15) is 44.9 Å². The van der Waals surface area contributed by atoms with Gasteiger partial charge in [-0.15, -0.1) is 0 Å². The minimum Gasteiger partial charge on any atom is -0.468 e. The van der Waals surface area contributed by atoms with Gasteiger partial charge in [-0.1, -0.05) is 12.8 Å². The van der Waals surface area contributed by atoms with Crippen LogP contribution in [0.4, 0.5) is 0 Å². The van der Waals surface area contributed by atoms with Gasteiger partial charge in [-0.2, -0.15) is 0 Å². The Labute approximate surface area is 115 Å². The summed E-state index contributed by atoms with van der Waals surface area (Å²) in [6.45, 7) is 1.70. The van der Waals surface area contributed by atoms with Gasteiger partial charge in [-0.05, 0) is 38.0 Å².